The molecule has 1 rings (SSSR count). The average Bonchev–Trinajstić information content (AvgIpc) is 2.76. The number of nitrogens with one attached hydrogen (secondary N) is 1. The molecule has 0 aromatic carbocycles. The molecule has 16 heavy (non-hydrogen) atoms. The number of ether oxygens (including phenoxy) is 1. The summed E-state index contributed by atoms with van der Waals surface area (Å²) in [5.74, 6) is 1.35. The number of alkyl halides is 1. The zero-order valence-corrected chi connectivity index (χ0v) is 10.8. The van der Waals surface area contributed by atoms with Gasteiger partial charge in [-0.15, -0.1) is 11.6 Å². The van der Waals surface area contributed by atoms with E-state index in [4.69, 9.17) is 16.3 Å². The molecule has 4 heteroatoms. The van der Waals surface area contributed by atoms with Crippen LogP contribution >= 0.6 is 11.6 Å². The number of amides is 1. The van der Waals surface area contributed by atoms with E-state index >= 15 is 0 Å². The maximum Gasteiger partial charge on any atom is 0.222 e. The molecule has 0 bridgehead atoms. The number of hydrogen-bond donors (Lipinski definition) is 1. The molecule has 0 aliphatic carbocycles. The van der Waals surface area contributed by atoms with E-state index in [0.29, 0.717) is 18.2 Å². The summed E-state index contributed by atoms with van der Waals surface area (Å²) in [4.78, 5) is 11.5. The largest absolute Gasteiger partial charge is 0.378 e. The second-order valence-corrected chi connectivity index (χ2v) is 4.90. The van der Waals surface area contributed by atoms with Crippen molar-refractivity contribution in [3.63, 3.8) is 0 Å². The minimum absolute atomic E-state index is 0.116. The Kier molecular flexibility index (Phi) is 6.81. The summed E-state index contributed by atoms with van der Waals surface area (Å²) >= 11 is 5.70. The number of carbonyl (C=O) groups is 1. The van der Waals surface area contributed by atoms with Crippen molar-refractivity contribution in [1.29, 1.82) is 0 Å². The monoisotopic (exact) mass is 247 g/mol. The number of carbonyl (C=O) groups excluding carboxylic acids is 1. The Morgan fingerprint density at radius 2 is 2.44 bits per heavy atom. The van der Waals surface area contributed by atoms with Crippen LogP contribution in [0.25, 0.3) is 0 Å². The van der Waals surface area contributed by atoms with Crippen LogP contribution in [0.15, 0.2) is 0 Å². The summed E-state index contributed by atoms with van der Waals surface area (Å²) < 4.78 is 5.41. The van der Waals surface area contributed by atoms with E-state index < -0.39 is 0 Å². The molecule has 2 unspecified atom stereocenters. The van der Waals surface area contributed by atoms with Gasteiger partial charge in [0.1, 0.15) is 0 Å². The first kappa shape index (κ1) is 13.8. The Morgan fingerprint density at radius 3 is 3.06 bits per heavy atom. The van der Waals surface area contributed by atoms with Gasteiger partial charge in [-0.3, -0.25) is 4.79 Å². The van der Waals surface area contributed by atoms with Gasteiger partial charge in [0.2, 0.25) is 5.91 Å². The van der Waals surface area contributed by atoms with E-state index in [1.54, 1.807) is 0 Å². The minimum atomic E-state index is 0.116. The molecule has 1 amide bonds. The molecule has 3 nitrogen and oxygen atoms in total. The summed E-state index contributed by atoms with van der Waals surface area (Å²) in [7, 11) is 0. The molecule has 1 fully saturated rings. The van der Waals surface area contributed by atoms with Crippen LogP contribution in [-0.2, 0) is 9.53 Å². The third kappa shape index (κ3) is 5.71. The van der Waals surface area contributed by atoms with Crippen LogP contribution in [0.3, 0.4) is 0 Å². The highest BCUT2D eigenvalue weighted by molar-refractivity contribution is 6.18. The third-order valence-corrected chi connectivity index (χ3v) is 3.42. The highest BCUT2D eigenvalue weighted by atomic mass is 35.5. The van der Waals surface area contributed by atoms with Crippen LogP contribution in [0.4, 0.5) is 0 Å². The summed E-state index contributed by atoms with van der Waals surface area (Å²) in [5.41, 5.74) is 0. The molecule has 1 aliphatic rings. The van der Waals surface area contributed by atoms with E-state index in [-0.39, 0.29) is 12.0 Å². The van der Waals surface area contributed by atoms with Crippen LogP contribution in [-0.4, -0.2) is 31.0 Å². The molecule has 1 N–H and O–H groups in total. The maximum atomic E-state index is 11.5. The van der Waals surface area contributed by atoms with Crippen LogP contribution in [0.5, 0.6) is 0 Å². The number of hydrogen-bond acceptors (Lipinski definition) is 2. The lowest BCUT2D eigenvalue weighted by Crippen LogP contribution is -2.28. The maximum absolute atomic E-state index is 11.5. The van der Waals surface area contributed by atoms with Gasteiger partial charge in [-0.1, -0.05) is 6.92 Å². The Labute approximate surface area is 103 Å². The molecular weight excluding hydrogens is 226 g/mol. The van der Waals surface area contributed by atoms with Crippen molar-refractivity contribution < 1.29 is 9.53 Å². The quantitative estimate of drug-likeness (QED) is 0.554. The Hall–Kier alpha value is -0.280. The summed E-state index contributed by atoms with van der Waals surface area (Å²) in [6.45, 7) is 3.69. The normalized spacial score (nSPS) is 22.0. The van der Waals surface area contributed by atoms with Crippen LogP contribution in [0.2, 0.25) is 0 Å². The lowest BCUT2D eigenvalue weighted by Gasteiger charge is -2.10. The second kappa shape index (κ2) is 7.91. The first-order valence-electron chi connectivity index (χ1n) is 6.16. The fourth-order valence-corrected chi connectivity index (χ4v) is 1.99. The molecule has 0 spiro atoms. The van der Waals surface area contributed by atoms with Gasteiger partial charge in [0, 0.05) is 19.0 Å². The van der Waals surface area contributed by atoms with Gasteiger partial charge < -0.3 is 10.1 Å². The molecule has 0 saturated carbocycles. The smallest absolute Gasteiger partial charge is 0.222 e. The van der Waals surface area contributed by atoms with E-state index in [1.807, 2.05) is 0 Å². The van der Waals surface area contributed by atoms with Gasteiger partial charge in [0.05, 0.1) is 12.5 Å². The van der Waals surface area contributed by atoms with Crippen LogP contribution in [0.1, 0.15) is 39.0 Å². The highest BCUT2D eigenvalue weighted by Gasteiger charge is 2.18. The van der Waals surface area contributed by atoms with E-state index in [2.05, 4.69) is 12.2 Å². The van der Waals surface area contributed by atoms with Gasteiger partial charge >= 0.3 is 0 Å². The predicted molar refractivity (Wildman–Crippen MR) is 65.7 cm³/mol. The van der Waals surface area contributed by atoms with Crippen LogP contribution < -0.4 is 5.32 Å². The second-order valence-electron chi connectivity index (χ2n) is 4.59. The molecule has 2 atom stereocenters. The molecule has 1 saturated heterocycles. The van der Waals surface area contributed by atoms with Gasteiger partial charge in [-0.2, -0.15) is 0 Å². The van der Waals surface area contributed by atoms with Gasteiger partial charge in [-0.05, 0) is 31.6 Å². The summed E-state index contributed by atoms with van der Waals surface area (Å²) in [6.07, 6.45) is 4.86. The SMILES string of the molecule is CC(CCl)CCCNC(=O)CC1CCCO1. The lowest BCUT2D eigenvalue weighted by molar-refractivity contribution is -0.123. The standard InChI is InChI=1S/C12H22ClNO2/c1-10(9-13)4-2-6-14-12(15)8-11-5-3-7-16-11/h10-11H,2-9H2,1H3,(H,14,15). The Morgan fingerprint density at radius 1 is 1.62 bits per heavy atom. The zero-order chi connectivity index (χ0) is 11.8. The topological polar surface area (TPSA) is 38.3 Å². The lowest BCUT2D eigenvalue weighted by atomic mass is 10.1. The van der Waals surface area contributed by atoms with Crippen molar-refractivity contribution >= 4 is 17.5 Å². The first-order chi connectivity index (χ1) is 7.72. The molecule has 0 aromatic rings. The predicted octanol–water partition coefficient (Wildman–Crippen LogP) is 2.33. The molecular formula is C12H22ClNO2. The van der Waals surface area contributed by atoms with E-state index in [9.17, 15) is 4.79 Å². The first-order valence-corrected chi connectivity index (χ1v) is 6.70. The number of halogens is 1. The molecule has 94 valence electrons. The van der Waals surface area contributed by atoms with Gasteiger partial charge in [0.15, 0.2) is 0 Å². The number of rotatable bonds is 7. The molecule has 0 radical (unpaired) electrons. The van der Waals surface area contributed by atoms with Crippen molar-refractivity contribution in [3.8, 4) is 0 Å². The van der Waals surface area contributed by atoms with Crippen molar-refractivity contribution in [1.82, 2.24) is 5.32 Å². The van der Waals surface area contributed by atoms with E-state index in [1.165, 1.54) is 0 Å². The fourth-order valence-electron chi connectivity index (χ4n) is 1.84. The summed E-state index contributed by atoms with van der Waals surface area (Å²) in [6, 6.07) is 0. The zero-order valence-electron chi connectivity index (χ0n) is 10.0. The highest BCUT2D eigenvalue weighted by Crippen LogP contribution is 2.14. The third-order valence-electron chi connectivity index (χ3n) is 2.90. The Bertz CT molecular complexity index is 205. The minimum Gasteiger partial charge on any atom is -0.378 e. The van der Waals surface area contributed by atoms with E-state index in [0.717, 1.165) is 38.8 Å². The molecule has 1 heterocycles. The molecule has 1 aliphatic heterocycles. The van der Waals surface area contributed by atoms with Crippen molar-refractivity contribution in [2.45, 2.75) is 45.1 Å². The van der Waals surface area contributed by atoms with Crippen molar-refractivity contribution in [2.24, 2.45) is 5.92 Å². The fraction of sp³-hybridized carbons (Fsp3) is 0.917. The van der Waals surface area contributed by atoms with Crippen molar-refractivity contribution in [2.75, 3.05) is 19.0 Å². The summed E-state index contributed by atoms with van der Waals surface area (Å²) in [5, 5.41) is 2.93. The van der Waals surface area contributed by atoms with Gasteiger partial charge in [0.25, 0.3) is 0 Å². The van der Waals surface area contributed by atoms with Crippen molar-refractivity contribution in [3.05, 3.63) is 0 Å². The molecule has 0 aromatic heterocycles. The van der Waals surface area contributed by atoms with Crippen LogP contribution in [0, 0.1) is 5.92 Å². The average molecular weight is 248 g/mol. The van der Waals surface area contributed by atoms with Gasteiger partial charge in [-0.25, -0.2) is 0 Å². The Balaban J connectivity index is 1.97.